The van der Waals surface area contributed by atoms with Gasteiger partial charge in [0.15, 0.2) is 5.96 Å². The molecule has 1 aromatic carbocycles. The molecule has 1 aromatic rings. The van der Waals surface area contributed by atoms with Crippen molar-refractivity contribution < 1.29 is 14.6 Å². The Morgan fingerprint density at radius 1 is 1.38 bits per heavy atom. The largest absolute Gasteiger partial charge is 0.508 e. The van der Waals surface area contributed by atoms with Gasteiger partial charge >= 0.3 is 0 Å². The van der Waals surface area contributed by atoms with Crippen LogP contribution in [0.2, 0.25) is 0 Å². The van der Waals surface area contributed by atoms with Gasteiger partial charge < -0.3 is 24.8 Å². The number of hydrogen-bond acceptors (Lipinski definition) is 4. The lowest BCUT2D eigenvalue weighted by molar-refractivity contribution is 0.0625. The Balaban J connectivity index is 0.00000338. The molecule has 0 bridgehead atoms. The van der Waals surface area contributed by atoms with Crippen molar-refractivity contribution in [2.75, 3.05) is 47.5 Å². The number of methoxy groups -OCH3 is 1. The molecule has 26 heavy (non-hydrogen) atoms. The predicted octanol–water partition coefficient (Wildman–Crippen LogP) is 2.89. The SMILES string of the molecule is CN=C(NCCc1ccc(OC)cc1O)N(C)CCC1CCOCC1.I. The molecule has 1 aliphatic rings. The Labute approximate surface area is 174 Å². The fourth-order valence-electron chi connectivity index (χ4n) is 3.09. The number of phenolic OH excluding ortho intramolecular Hbond substituents is 1. The van der Waals surface area contributed by atoms with E-state index in [9.17, 15) is 5.11 Å². The number of aromatic hydroxyl groups is 1. The monoisotopic (exact) mass is 477 g/mol. The molecule has 148 valence electrons. The van der Waals surface area contributed by atoms with Gasteiger partial charge in [0.25, 0.3) is 0 Å². The second-order valence-corrected chi connectivity index (χ2v) is 6.48. The van der Waals surface area contributed by atoms with E-state index in [0.29, 0.717) is 12.3 Å². The Hall–Kier alpha value is -1.22. The number of nitrogens with zero attached hydrogens (tertiary/aromatic N) is 2. The van der Waals surface area contributed by atoms with Crippen molar-refractivity contribution in [3.63, 3.8) is 0 Å². The quantitative estimate of drug-likeness (QED) is 0.359. The van der Waals surface area contributed by atoms with Gasteiger partial charge in [-0.2, -0.15) is 0 Å². The van der Waals surface area contributed by atoms with E-state index in [0.717, 1.165) is 56.5 Å². The van der Waals surface area contributed by atoms with Gasteiger partial charge in [0.1, 0.15) is 11.5 Å². The van der Waals surface area contributed by atoms with Crippen molar-refractivity contribution in [2.45, 2.75) is 25.7 Å². The minimum absolute atomic E-state index is 0. The second kappa shape index (κ2) is 12.2. The van der Waals surface area contributed by atoms with Crippen LogP contribution in [0.4, 0.5) is 0 Å². The molecule has 6 nitrogen and oxygen atoms in total. The van der Waals surface area contributed by atoms with E-state index >= 15 is 0 Å². The Morgan fingerprint density at radius 3 is 2.73 bits per heavy atom. The topological polar surface area (TPSA) is 66.3 Å². The first-order chi connectivity index (χ1) is 12.1. The van der Waals surface area contributed by atoms with Crippen molar-refractivity contribution in [1.29, 1.82) is 0 Å². The van der Waals surface area contributed by atoms with E-state index in [1.165, 1.54) is 6.42 Å². The summed E-state index contributed by atoms with van der Waals surface area (Å²) in [5, 5.41) is 13.4. The standard InChI is InChI=1S/C19H31N3O3.HI/c1-20-19(22(2)11-7-15-8-12-25-13-9-15)21-10-6-16-4-5-17(24-3)14-18(16)23;/h4-5,14-15,23H,6-13H2,1-3H3,(H,20,21);1H. The zero-order valence-electron chi connectivity index (χ0n) is 16.0. The summed E-state index contributed by atoms with van der Waals surface area (Å²) in [5.74, 6) is 2.58. The van der Waals surface area contributed by atoms with Gasteiger partial charge in [-0.3, -0.25) is 4.99 Å². The molecule has 7 heteroatoms. The molecular weight excluding hydrogens is 445 g/mol. The zero-order chi connectivity index (χ0) is 18.1. The van der Waals surface area contributed by atoms with Crippen LogP contribution >= 0.6 is 24.0 Å². The van der Waals surface area contributed by atoms with Crippen molar-refractivity contribution in [1.82, 2.24) is 10.2 Å². The van der Waals surface area contributed by atoms with Crippen LogP contribution in [0.1, 0.15) is 24.8 Å². The van der Waals surface area contributed by atoms with Gasteiger partial charge in [-0.05, 0) is 43.2 Å². The second-order valence-electron chi connectivity index (χ2n) is 6.48. The first kappa shape index (κ1) is 22.8. The molecule has 0 radical (unpaired) electrons. The van der Waals surface area contributed by atoms with Crippen molar-refractivity contribution >= 4 is 29.9 Å². The van der Waals surface area contributed by atoms with Crippen LogP contribution in [-0.2, 0) is 11.2 Å². The molecular formula is C19H32IN3O3. The number of guanidine groups is 1. The van der Waals surface area contributed by atoms with Gasteiger partial charge in [-0.1, -0.05) is 6.07 Å². The van der Waals surface area contributed by atoms with E-state index in [2.05, 4.69) is 22.3 Å². The van der Waals surface area contributed by atoms with E-state index in [-0.39, 0.29) is 29.7 Å². The lowest BCUT2D eigenvalue weighted by Gasteiger charge is -2.26. The van der Waals surface area contributed by atoms with Gasteiger partial charge in [-0.15, -0.1) is 24.0 Å². The van der Waals surface area contributed by atoms with Crippen molar-refractivity contribution in [3.8, 4) is 11.5 Å². The normalized spacial score (nSPS) is 15.3. The maximum absolute atomic E-state index is 10.0. The van der Waals surface area contributed by atoms with Gasteiger partial charge in [0.05, 0.1) is 7.11 Å². The summed E-state index contributed by atoms with van der Waals surface area (Å²) in [4.78, 5) is 6.53. The summed E-state index contributed by atoms with van der Waals surface area (Å²) >= 11 is 0. The fourth-order valence-corrected chi connectivity index (χ4v) is 3.09. The van der Waals surface area contributed by atoms with E-state index < -0.39 is 0 Å². The molecule has 0 aliphatic carbocycles. The molecule has 1 saturated heterocycles. The highest BCUT2D eigenvalue weighted by atomic mass is 127. The molecule has 1 fully saturated rings. The fraction of sp³-hybridized carbons (Fsp3) is 0.632. The maximum atomic E-state index is 10.0. The van der Waals surface area contributed by atoms with Crippen LogP contribution in [0.15, 0.2) is 23.2 Å². The minimum Gasteiger partial charge on any atom is -0.508 e. The molecule has 0 amide bonds. The summed E-state index contributed by atoms with van der Waals surface area (Å²) in [5.41, 5.74) is 0.897. The smallest absolute Gasteiger partial charge is 0.193 e. The molecule has 0 unspecified atom stereocenters. The van der Waals surface area contributed by atoms with Gasteiger partial charge in [0.2, 0.25) is 0 Å². The zero-order valence-corrected chi connectivity index (χ0v) is 18.4. The Morgan fingerprint density at radius 2 is 2.12 bits per heavy atom. The van der Waals surface area contributed by atoms with E-state index in [1.54, 1.807) is 20.2 Å². The van der Waals surface area contributed by atoms with Gasteiger partial charge in [-0.25, -0.2) is 0 Å². The summed E-state index contributed by atoms with van der Waals surface area (Å²) in [6.07, 6.45) is 4.22. The van der Waals surface area contributed by atoms with Crippen molar-refractivity contribution in [3.05, 3.63) is 23.8 Å². The lowest BCUT2D eigenvalue weighted by atomic mass is 9.96. The highest BCUT2D eigenvalue weighted by Gasteiger charge is 2.15. The summed E-state index contributed by atoms with van der Waals surface area (Å²) in [6, 6.07) is 5.40. The number of hydrogen-bond donors (Lipinski definition) is 2. The first-order valence-electron chi connectivity index (χ1n) is 8.99. The summed E-state index contributed by atoms with van der Waals surface area (Å²) in [6.45, 7) is 3.49. The minimum atomic E-state index is 0. The van der Waals surface area contributed by atoms with Crippen LogP contribution in [0.5, 0.6) is 11.5 Å². The lowest BCUT2D eigenvalue weighted by Crippen LogP contribution is -2.40. The number of aliphatic imine (C=N–C) groups is 1. The maximum Gasteiger partial charge on any atom is 0.193 e. The highest BCUT2D eigenvalue weighted by Crippen LogP contribution is 2.23. The third-order valence-corrected chi connectivity index (χ3v) is 4.76. The molecule has 0 aromatic heterocycles. The molecule has 0 spiro atoms. The first-order valence-corrected chi connectivity index (χ1v) is 8.99. The molecule has 0 saturated carbocycles. The van der Waals surface area contributed by atoms with E-state index in [4.69, 9.17) is 9.47 Å². The number of phenols is 1. The average molecular weight is 477 g/mol. The number of benzene rings is 1. The highest BCUT2D eigenvalue weighted by molar-refractivity contribution is 14.0. The third-order valence-electron chi connectivity index (χ3n) is 4.76. The van der Waals surface area contributed by atoms with Crippen LogP contribution in [-0.4, -0.2) is 63.5 Å². The number of ether oxygens (including phenoxy) is 2. The van der Waals surface area contributed by atoms with E-state index in [1.807, 2.05) is 12.1 Å². The average Bonchev–Trinajstić information content (AvgIpc) is 2.65. The predicted molar refractivity (Wildman–Crippen MR) is 116 cm³/mol. The summed E-state index contributed by atoms with van der Waals surface area (Å²) < 4.78 is 10.5. The molecule has 2 N–H and O–H groups in total. The van der Waals surface area contributed by atoms with Crippen LogP contribution in [0.3, 0.4) is 0 Å². The number of halogens is 1. The van der Waals surface area contributed by atoms with Crippen LogP contribution in [0, 0.1) is 5.92 Å². The van der Waals surface area contributed by atoms with Crippen LogP contribution in [0.25, 0.3) is 0 Å². The van der Waals surface area contributed by atoms with Crippen LogP contribution < -0.4 is 10.1 Å². The molecule has 2 rings (SSSR count). The molecule has 0 atom stereocenters. The Kier molecular flexibility index (Phi) is 10.7. The van der Waals surface area contributed by atoms with Crippen molar-refractivity contribution in [2.24, 2.45) is 10.9 Å². The third kappa shape index (κ3) is 7.19. The van der Waals surface area contributed by atoms with Gasteiger partial charge in [0, 0.05) is 46.5 Å². The molecule has 1 heterocycles. The molecule has 1 aliphatic heterocycles. The Bertz CT molecular complexity index is 563. The number of rotatable bonds is 7. The summed E-state index contributed by atoms with van der Waals surface area (Å²) in [7, 11) is 5.47. The number of nitrogens with one attached hydrogen (secondary N) is 1.